The molecule has 0 radical (unpaired) electrons. The average Bonchev–Trinajstić information content (AvgIpc) is 2.69. The Balaban J connectivity index is 1.79. The van der Waals surface area contributed by atoms with Gasteiger partial charge in [0.15, 0.2) is 0 Å². The second kappa shape index (κ2) is 9.75. The maximum atomic E-state index is 13.1. The molecule has 1 aliphatic heterocycles. The van der Waals surface area contributed by atoms with Gasteiger partial charge in [-0.1, -0.05) is 30.1 Å². The van der Waals surface area contributed by atoms with Gasteiger partial charge in [0.1, 0.15) is 11.0 Å². The summed E-state index contributed by atoms with van der Waals surface area (Å²) >= 11 is 1.78. The number of hydrogen-bond donors (Lipinski definition) is 1. The molecule has 2 atom stereocenters. The Morgan fingerprint density at radius 1 is 1.13 bits per heavy atom. The zero-order chi connectivity index (χ0) is 21.9. The lowest BCUT2D eigenvalue weighted by Gasteiger charge is -2.36. The van der Waals surface area contributed by atoms with Crippen LogP contribution in [-0.4, -0.2) is 35.2 Å². The summed E-state index contributed by atoms with van der Waals surface area (Å²) < 4.78 is 18.5. The van der Waals surface area contributed by atoms with Crippen molar-refractivity contribution in [1.82, 2.24) is 4.31 Å². The van der Waals surface area contributed by atoms with E-state index in [4.69, 9.17) is 0 Å². The largest absolute Gasteiger partial charge is 0.367 e. The number of nitrogens with zero attached hydrogens (tertiary/aromatic N) is 2. The molecule has 30 heavy (non-hydrogen) atoms. The van der Waals surface area contributed by atoms with Crippen molar-refractivity contribution in [2.75, 3.05) is 30.3 Å². The van der Waals surface area contributed by atoms with Gasteiger partial charge in [-0.15, -0.1) is 0 Å². The zero-order valence-electron chi connectivity index (χ0n) is 19.1. The number of nitrogens with one attached hydrogen (secondary N) is 1. The first-order valence-corrected chi connectivity index (χ1v) is 12.6. The van der Waals surface area contributed by atoms with Crippen molar-refractivity contribution in [3.8, 4) is 0 Å². The molecule has 1 fully saturated rings. The molecule has 0 aromatic heterocycles. The summed E-state index contributed by atoms with van der Waals surface area (Å²) in [6.45, 7) is 9.87. The minimum absolute atomic E-state index is 0.0362. The predicted octanol–water partition coefficient (Wildman–Crippen LogP) is 5.95. The van der Waals surface area contributed by atoms with E-state index in [1.54, 1.807) is 11.9 Å². The third-order valence-corrected chi connectivity index (χ3v) is 7.81. The van der Waals surface area contributed by atoms with E-state index in [1.165, 1.54) is 30.4 Å². The Bertz CT molecular complexity index is 881. The molecule has 2 unspecified atom stereocenters. The van der Waals surface area contributed by atoms with Crippen molar-refractivity contribution in [2.24, 2.45) is 0 Å². The summed E-state index contributed by atoms with van der Waals surface area (Å²) in [5.41, 5.74) is 4.56. The molecular weight excluding hydrogens is 410 g/mol. The second-order valence-corrected chi connectivity index (χ2v) is 12.0. The van der Waals surface area contributed by atoms with Crippen LogP contribution in [0.5, 0.6) is 0 Å². The molecule has 2 aromatic rings. The minimum atomic E-state index is -1.31. The van der Waals surface area contributed by atoms with Crippen molar-refractivity contribution in [1.29, 1.82) is 0 Å². The molecule has 1 saturated heterocycles. The van der Waals surface area contributed by atoms with Crippen LogP contribution >= 0.6 is 11.9 Å². The number of anilines is 2. The predicted molar refractivity (Wildman–Crippen MR) is 133 cm³/mol. The first-order chi connectivity index (χ1) is 14.2. The maximum absolute atomic E-state index is 13.1. The highest BCUT2D eigenvalue weighted by Gasteiger charge is 2.24. The Morgan fingerprint density at radius 3 is 2.47 bits per heavy atom. The van der Waals surface area contributed by atoms with Gasteiger partial charge in [0.25, 0.3) is 0 Å². The van der Waals surface area contributed by atoms with Gasteiger partial charge in [-0.3, -0.25) is 9.03 Å². The van der Waals surface area contributed by atoms with E-state index in [-0.39, 0.29) is 4.75 Å². The number of rotatable bonds is 7. The molecule has 0 amide bonds. The van der Waals surface area contributed by atoms with Crippen molar-refractivity contribution >= 4 is 34.3 Å². The standard InChI is InChI=1S/C24H35N3OS2/c1-18-10-15-22(23(17-18)27-16-8-7-9-19(27)2)25-30(28)21-13-11-20(12-14-21)24(3,4)29-26(5)6/h10-15,17,19,25H,7-9,16H2,1-6H3. The van der Waals surface area contributed by atoms with E-state index in [2.05, 4.69) is 86.0 Å². The lowest BCUT2D eigenvalue weighted by atomic mass is 10.0. The third-order valence-electron chi connectivity index (χ3n) is 5.64. The van der Waals surface area contributed by atoms with Crippen LogP contribution in [0, 0.1) is 6.92 Å². The number of piperidine rings is 1. The summed E-state index contributed by atoms with van der Waals surface area (Å²) in [4.78, 5) is 3.25. The molecule has 0 saturated carbocycles. The van der Waals surface area contributed by atoms with Crippen LogP contribution in [0.1, 0.15) is 51.2 Å². The van der Waals surface area contributed by atoms with Crippen molar-refractivity contribution in [2.45, 2.75) is 62.6 Å². The van der Waals surface area contributed by atoms with E-state index in [0.717, 1.165) is 22.8 Å². The summed E-state index contributed by atoms with van der Waals surface area (Å²) in [5.74, 6) is 0. The molecule has 0 aliphatic carbocycles. The van der Waals surface area contributed by atoms with Crippen molar-refractivity contribution in [3.63, 3.8) is 0 Å². The third kappa shape index (κ3) is 5.59. The van der Waals surface area contributed by atoms with Gasteiger partial charge in [0, 0.05) is 17.3 Å². The highest BCUT2D eigenvalue weighted by Crippen LogP contribution is 2.37. The van der Waals surface area contributed by atoms with Gasteiger partial charge in [0.2, 0.25) is 0 Å². The smallest absolute Gasteiger partial charge is 0.150 e. The summed E-state index contributed by atoms with van der Waals surface area (Å²) in [5, 5.41) is 0. The molecule has 1 aliphatic rings. The average molecular weight is 446 g/mol. The summed E-state index contributed by atoms with van der Waals surface area (Å²) in [6, 6.07) is 15.0. The highest BCUT2D eigenvalue weighted by molar-refractivity contribution is 7.97. The van der Waals surface area contributed by atoms with Gasteiger partial charge < -0.3 is 4.90 Å². The van der Waals surface area contributed by atoms with E-state index < -0.39 is 11.0 Å². The normalized spacial score (nSPS) is 18.5. The molecule has 0 spiro atoms. The van der Waals surface area contributed by atoms with Gasteiger partial charge in [-0.05, 0) is 96.4 Å². The Morgan fingerprint density at radius 2 is 1.83 bits per heavy atom. The Hall–Kier alpha value is -1.50. The molecule has 0 bridgehead atoms. The number of benzene rings is 2. The first kappa shape index (κ1) is 23.2. The van der Waals surface area contributed by atoms with E-state index in [1.807, 2.05) is 12.1 Å². The van der Waals surface area contributed by atoms with Crippen molar-refractivity contribution in [3.05, 3.63) is 53.6 Å². The lowest BCUT2D eigenvalue weighted by Crippen LogP contribution is -2.37. The summed E-state index contributed by atoms with van der Waals surface area (Å²) in [7, 11) is 2.81. The van der Waals surface area contributed by atoms with E-state index in [0.29, 0.717) is 6.04 Å². The van der Waals surface area contributed by atoms with Crippen LogP contribution < -0.4 is 9.62 Å². The van der Waals surface area contributed by atoms with E-state index in [9.17, 15) is 4.21 Å². The van der Waals surface area contributed by atoms with Crippen LogP contribution in [0.25, 0.3) is 0 Å². The fourth-order valence-electron chi connectivity index (χ4n) is 4.07. The zero-order valence-corrected chi connectivity index (χ0v) is 20.7. The monoisotopic (exact) mass is 445 g/mol. The number of aryl methyl sites for hydroxylation is 1. The lowest BCUT2D eigenvalue weighted by molar-refractivity contribution is 0.485. The van der Waals surface area contributed by atoms with Gasteiger partial charge in [-0.2, -0.15) is 0 Å². The van der Waals surface area contributed by atoms with Crippen LogP contribution in [0.2, 0.25) is 0 Å². The van der Waals surface area contributed by atoms with Crippen LogP contribution in [0.3, 0.4) is 0 Å². The summed E-state index contributed by atoms with van der Waals surface area (Å²) in [6.07, 6.45) is 3.70. The fourth-order valence-corrected chi connectivity index (χ4v) is 6.10. The highest BCUT2D eigenvalue weighted by atomic mass is 32.2. The van der Waals surface area contributed by atoms with Crippen LogP contribution in [0.4, 0.5) is 11.4 Å². The Kier molecular flexibility index (Phi) is 7.53. The molecule has 1 N–H and O–H groups in total. The van der Waals surface area contributed by atoms with Crippen molar-refractivity contribution < 1.29 is 4.21 Å². The molecule has 1 heterocycles. The second-order valence-electron chi connectivity index (χ2n) is 8.87. The SMILES string of the molecule is Cc1ccc(NS(=O)c2ccc(C(C)(C)SN(C)C)cc2)c(N2CCCCC2C)c1. The molecule has 3 rings (SSSR count). The van der Waals surface area contributed by atoms with Gasteiger partial charge in [0.05, 0.1) is 16.3 Å². The molecular formula is C24H35N3OS2. The van der Waals surface area contributed by atoms with Crippen LogP contribution in [-0.2, 0) is 15.7 Å². The fraction of sp³-hybridized carbons (Fsp3) is 0.500. The maximum Gasteiger partial charge on any atom is 0.150 e. The Labute approximate surface area is 189 Å². The number of hydrogen-bond acceptors (Lipinski definition) is 4. The molecule has 2 aromatic carbocycles. The van der Waals surface area contributed by atoms with E-state index >= 15 is 0 Å². The topological polar surface area (TPSA) is 35.6 Å². The van der Waals surface area contributed by atoms with Gasteiger partial charge in [-0.25, -0.2) is 4.21 Å². The molecule has 4 nitrogen and oxygen atoms in total. The molecule has 164 valence electrons. The molecule has 6 heteroatoms. The van der Waals surface area contributed by atoms with Crippen LogP contribution in [0.15, 0.2) is 47.4 Å². The quantitative estimate of drug-likeness (QED) is 0.534. The van der Waals surface area contributed by atoms with Gasteiger partial charge >= 0.3 is 0 Å². The minimum Gasteiger partial charge on any atom is -0.367 e. The first-order valence-electron chi connectivity index (χ1n) is 10.7.